The van der Waals surface area contributed by atoms with E-state index < -0.39 is 5.97 Å². The van der Waals surface area contributed by atoms with Gasteiger partial charge in [0.15, 0.2) is 5.69 Å². The number of aromatic nitrogens is 3. The van der Waals surface area contributed by atoms with E-state index in [1.807, 2.05) is 18.2 Å². The SMILES string of the molecule is O=C(O)c1ccc(OCCc2ccccn2)nn1. The molecule has 0 aliphatic carbocycles. The number of pyridine rings is 1. The fourth-order valence-corrected chi connectivity index (χ4v) is 1.32. The summed E-state index contributed by atoms with van der Waals surface area (Å²) in [6.45, 7) is 0.415. The highest BCUT2D eigenvalue weighted by molar-refractivity contribution is 5.84. The van der Waals surface area contributed by atoms with Gasteiger partial charge in [-0.15, -0.1) is 10.2 Å². The van der Waals surface area contributed by atoms with Gasteiger partial charge in [-0.25, -0.2) is 4.79 Å². The second-order valence-electron chi connectivity index (χ2n) is 3.48. The van der Waals surface area contributed by atoms with Crippen molar-refractivity contribution in [1.82, 2.24) is 15.2 Å². The van der Waals surface area contributed by atoms with E-state index in [9.17, 15) is 4.79 Å². The molecule has 0 aromatic carbocycles. The van der Waals surface area contributed by atoms with Crippen molar-refractivity contribution in [3.8, 4) is 5.88 Å². The minimum absolute atomic E-state index is 0.105. The molecule has 2 aromatic heterocycles. The minimum atomic E-state index is -1.11. The maximum atomic E-state index is 10.6. The maximum absolute atomic E-state index is 10.6. The zero-order valence-electron chi connectivity index (χ0n) is 9.48. The molecule has 6 nitrogen and oxygen atoms in total. The van der Waals surface area contributed by atoms with Crippen molar-refractivity contribution < 1.29 is 14.6 Å². The summed E-state index contributed by atoms with van der Waals surface area (Å²) < 4.78 is 5.34. The van der Waals surface area contributed by atoms with E-state index in [4.69, 9.17) is 9.84 Å². The largest absolute Gasteiger partial charge is 0.476 e. The molecule has 6 heteroatoms. The quantitative estimate of drug-likeness (QED) is 0.851. The first-order valence-corrected chi connectivity index (χ1v) is 5.35. The van der Waals surface area contributed by atoms with Crippen LogP contribution in [0.15, 0.2) is 36.5 Å². The summed E-state index contributed by atoms with van der Waals surface area (Å²) in [4.78, 5) is 14.7. The Kier molecular flexibility index (Phi) is 3.80. The standard InChI is InChI=1S/C12H11N3O3/c16-12(17)10-4-5-11(15-14-10)18-8-6-9-3-1-2-7-13-9/h1-5,7H,6,8H2,(H,16,17). The van der Waals surface area contributed by atoms with E-state index in [0.717, 1.165) is 5.69 Å². The Labute approximate surface area is 103 Å². The number of hydrogen-bond acceptors (Lipinski definition) is 5. The average molecular weight is 245 g/mol. The van der Waals surface area contributed by atoms with Crippen molar-refractivity contribution in [3.63, 3.8) is 0 Å². The van der Waals surface area contributed by atoms with Gasteiger partial charge in [0, 0.05) is 24.4 Å². The van der Waals surface area contributed by atoms with E-state index in [0.29, 0.717) is 18.9 Å². The lowest BCUT2D eigenvalue weighted by atomic mass is 10.3. The molecule has 0 spiro atoms. The first-order valence-electron chi connectivity index (χ1n) is 5.35. The van der Waals surface area contributed by atoms with Gasteiger partial charge in [-0.05, 0) is 18.2 Å². The van der Waals surface area contributed by atoms with Crippen LogP contribution in [0.4, 0.5) is 0 Å². The third-order valence-corrected chi connectivity index (χ3v) is 2.19. The van der Waals surface area contributed by atoms with Crippen molar-refractivity contribution in [2.75, 3.05) is 6.61 Å². The monoisotopic (exact) mass is 245 g/mol. The van der Waals surface area contributed by atoms with Crippen LogP contribution < -0.4 is 4.74 Å². The average Bonchev–Trinajstić information content (AvgIpc) is 2.40. The molecule has 1 N–H and O–H groups in total. The van der Waals surface area contributed by atoms with Crippen LogP contribution in [0.5, 0.6) is 5.88 Å². The number of hydrogen-bond donors (Lipinski definition) is 1. The summed E-state index contributed by atoms with van der Waals surface area (Å²) >= 11 is 0. The molecule has 0 saturated carbocycles. The smallest absolute Gasteiger partial charge is 0.356 e. The molecule has 0 atom stereocenters. The number of ether oxygens (including phenoxy) is 1. The zero-order chi connectivity index (χ0) is 12.8. The summed E-state index contributed by atoms with van der Waals surface area (Å²) in [5.74, 6) is -0.807. The number of carboxylic acids is 1. The van der Waals surface area contributed by atoms with Gasteiger partial charge >= 0.3 is 5.97 Å². The molecule has 2 aromatic rings. The maximum Gasteiger partial charge on any atom is 0.356 e. The highest BCUT2D eigenvalue weighted by Gasteiger charge is 2.05. The Morgan fingerprint density at radius 2 is 2.11 bits per heavy atom. The van der Waals surface area contributed by atoms with Crippen LogP contribution in [0.25, 0.3) is 0 Å². The molecule has 0 radical (unpaired) electrons. The van der Waals surface area contributed by atoms with Crippen molar-refractivity contribution in [3.05, 3.63) is 47.9 Å². The Bertz CT molecular complexity index is 514. The van der Waals surface area contributed by atoms with Gasteiger partial charge < -0.3 is 9.84 Å². The van der Waals surface area contributed by atoms with Crippen molar-refractivity contribution in [1.29, 1.82) is 0 Å². The zero-order valence-corrected chi connectivity index (χ0v) is 9.48. The highest BCUT2D eigenvalue weighted by Crippen LogP contribution is 2.05. The molecule has 2 rings (SSSR count). The summed E-state index contributed by atoms with van der Waals surface area (Å²) in [7, 11) is 0. The molecule has 92 valence electrons. The Hall–Kier alpha value is -2.50. The predicted molar refractivity (Wildman–Crippen MR) is 62.4 cm³/mol. The number of rotatable bonds is 5. The number of nitrogens with zero attached hydrogens (tertiary/aromatic N) is 3. The molecule has 0 fully saturated rings. The van der Waals surface area contributed by atoms with Crippen molar-refractivity contribution in [2.24, 2.45) is 0 Å². The molecule has 18 heavy (non-hydrogen) atoms. The van der Waals surface area contributed by atoms with Crippen LogP contribution in [0.1, 0.15) is 16.2 Å². The van der Waals surface area contributed by atoms with E-state index in [-0.39, 0.29) is 5.69 Å². The molecule has 0 bridgehead atoms. The predicted octanol–water partition coefficient (Wildman–Crippen LogP) is 1.19. The molecule has 2 heterocycles. The summed E-state index contributed by atoms with van der Waals surface area (Å²) in [6, 6.07) is 8.49. The first-order chi connectivity index (χ1) is 8.75. The number of aromatic carboxylic acids is 1. The second-order valence-corrected chi connectivity index (χ2v) is 3.48. The van der Waals surface area contributed by atoms with Crippen LogP contribution in [0.3, 0.4) is 0 Å². The molecule has 0 aliphatic heterocycles. The fourth-order valence-electron chi connectivity index (χ4n) is 1.32. The molecule has 0 saturated heterocycles. The first kappa shape index (κ1) is 12.0. The number of carboxylic acid groups (broad SMARTS) is 1. The molecule has 0 unspecified atom stereocenters. The van der Waals surface area contributed by atoms with Crippen LogP contribution in [-0.4, -0.2) is 32.9 Å². The highest BCUT2D eigenvalue weighted by atomic mass is 16.5. The number of carbonyl (C=O) groups is 1. The molecular weight excluding hydrogens is 234 g/mol. The topological polar surface area (TPSA) is 85.2 Å². The van der Waals surface area contributed by atoms with Gasteiger partial charge in [0.25, 0.3) is 0 Å². The third kappa shape index (κ3) is 3.24. The Morgan fingerprint density at radius 3 is 2.72 bits per heavy atom. The molecule has 0 amide bonds. The van der Waals surface area contributed by atoms with Gasteiger partial charge in [0.05, 0.1) is 6.61 Å². The molecule has 0 aliphatic rings. The summed E-state index contributed by atoms with van der Waals surface area (Å²) in [5.41, 5.74) is 0.819. The van der Waals surface area contributed by atoms with Crippen LogP contribution in [0, 0.1) is 0 Å². The van der Waals surface area contributed by atoms with Gasteiger partial charge in [0.2, 0.25) is 5.88 Å². The Morgan fingerprint density at radius 1 is 1.22 bits per heavy atom. The van der Waals surface area contributed by atoms with Crippen LogP contribution >= 0.6 is 0 Å². The third-order valence-electron chi connectivity index (χ3n) is 2.19. The van der Waals surface area contributed by atoms with Crippen LogP contribution in [0.2, 0.25) is 0 Å². The Balaban J connectivity index is 1.85. The van der Waals surface area contributed by atoms with Crippen molar-refractivity contribution in [2.45, 2.75) is 6.42 Å². The van der Waals surface area contributed by atoms with E-state index in [1.54, 1.807) is 6.20 Å². The van der Waals surface area contributed by atoms with E-state index >= 15 is 0 Å². The lowest BCUT2D eigenvalue weighted by Crippen LogP contribution is -2.06. The summed E-state index contributed by atoms with van der Waals surface area (Å²) in [6.07, 6.45) is 2.37. The van der Waals surface area contributed by atoms with Gasteiger partial charge in [-0.1, -0.05) is 6.07 Å². The van der Waals surface area contributed by atoms with Gasteiger partial charge in [-0.2, -0.15) is 0 Å². The fraction of sp³-hybridized carbons (Fsp3) is 0.167. The van der Waals surface area contributed by atoms with E-state index in [2.05, 4.69) is 15.2 Å². The van der Waals surface area contributed by atoms with Gasteiger partial charge in [-0.3, -0.25) is 4.98 Å². The van der Waals surface area contributed by atoms with Crippen LogP contribution in [-0.2, 0) is 6.42 Å². The summed E-state index contributed by atoms with van der Waals surface area (Å²) in [5, 5.41) is 15.8. The molecular formula is C12H11N3O3. The lowest BCUT2D eigenvalue weighted by molar-refractivity contribution is 0.0689. The lowest BCUT2D eigenvalue weighted by Gasteiger charge is -2.04. The van der Waals surface area contributed by atoms with Gasteiger partial charge in [0.1, 0.15) is 0 Å². The minimum Gasteiger partial charge on any atom is -0.476 e. The van der Waals surface area contributed by atoms with E-state index in [1.165, 1.54) is 12.1 Å². The second kappa shape index (κ2) is 5.72. The van der Waals surface area contributed by atoms with Crippen molar-refractivity contribution >= 4 is 5.97 Å². The normalized spacial score (nSPS) is 10.0.